The van der Waals surface area contributed by atoms with Gasteiger partial charge in [-0.05, 0) is 35.9 Å². The molecule has 3 aromatic carbocycles. The van der Waals surface area contributed by atoms with Gasteiger partial charge in [0.2, 0.25) is 0 Å². The van der Waals surface area contributed by atoms with E-state index in [9.17, 15) is 18.5 Å². The molecule has 0 radical (unpaired) electrons. The van der Waals surface area contributed by atoms with Crippen LogP contribution < -0.4 is 10.1 Å². The summed E-state index contributed by atoms with van der Waals surface area (Å²) in [7, 11) is -3.62. The maximum absolute atomic E-state index is 12.0. The zero-order valence-corrected chi connectivity index (χ0v) is 15.8. The van der Waals surface area contributed by atoms with E-state index in [-0.39, 0.29) is 10.6 Å². The number of hydrogen-bond acceptors (Lipinski definition) is 6. The molecule has 7 nitrogen and oxygen atoms in total. The van der Waals surface area contributed by atoms with E-state index in [2.05, 4.69) is 5.32 Å². The third-order valence-electron chi connectivity index (χ3n) is 3.96. The fraction of sp³-hybridized carbons (Fsp3) is 0.100. The zero-order valence-electron chi connectivity index (χ0n) is 15.0. The van der Waals surface area contributed by atoms with Gasteiger partial charge in [0, 0.05) is 24.9 Å². The number of para-hydroxylation sites is 1. The number of nitrogens with one attached hydrogen (secondary N) is 1. The number of sulfone groups is 1. The van der Waals surface area contributed by atoms with Gasteiger partial charge in [0.25, 0.3) is 5.69 Å². The SMILES string of the molecule is CS(=O)(=O)c1cc([N+](=O)[O-])ccc1NCc1ccc(Oc2ccccc2)cc1. The molecule has 0 unspecified atom stereocenters. The van der Waals surface area contributed by atoms with Crippen molar-refractivity contribution in [1.82, 2.24) is 0 Å². The van der Waals surface area contributed by atoms with Crippen LogP contribution in [0.25, 0.3) is 0 Å². The summed E-state index contributed by atoms with van der Waals surface area (Å²) in [6.45, 7) is 0.353. The molecule has 0 bridgehead atoms. The molecule has 8 heteroatoms. The van der Waals surface area contributed by atoms with Crippen LogP contribution in [0.2, 0.25) is 0 Å². The molecule has 0 atom stereocenters. The average Bonchev–Trinajstić information content (AvgIpc) is 2.67. The summed E-state index contributed by atoms with van der Waals surface area (Å²) in [6, 6.07) is 20.5. The van der Waals surface area contributed by atoms with Gasteiger partial charge in [-0.25, -0.2) is 8.42 Å². The highest BCUT2D eigenvalue weighted by atomic mass is 32.2. The summed E-state index contributed by atoms with van der Waals surface area (Å²) >= 11 is 0. The molecule has 3 aromatic rings. The Labute approximate surface area is 162 Å². The number of hydrogen-bond donors (Lipinski definition) is 1. The minimum atomic E-state index is -3.62. The molecule has 0 aliphatic carbocycles. The van der Waals surface area contributed by atoms with Gasteiger partial charge in [-0.1, -0.05) is 30.3 Å². The predicted molar refractivity (Wildman–Crippen MR) is 106 cm³/mol. The van der Waals surface area contributed by atoms with Crippen molar-refractivity contribution in [2.24, 2.45) is 0 Å². The van der Waals surface area contributed by atoms with Crippen molar-refractivity contribution in [1.29, 1.82) is 0 Å². The van der Waals surface area contributed by atoms with Crippen molar-refractivity contribution in [2.75, 3.05) is 11.6 Å². The number of benzene rings is 3. The van der Waals surface area contributed by atoms with E-state index < -0.39 is 14.8 Å². The Morgan fingerprint density at radius 2 is 1.61 bits per heavy atom. The van der Waals surface area contributed by atoms with Crippen LogP contribution in [0.5, 0.6) is 11.5 Å². The van der Waals surface area contributed by atoms with Crippen LogP contribution in [0, 0.1) is 10.1 Å². The second kappa shape index (κ2) is 8.10. The fourth-order valence-electron chi connectivity index (χ4n) is 2.57. The molecule has 0 saturated heterocycles. The molecular formula is C20H18N2O5S. The molecule has 0 aliphatic rings. The molecule has 28 heavy (non-hydrogen) atoms. The topological polar surface area (TPSA) is 98.5 Å². The summed E-state index contributed by atoms with van der Waals surface area (Å²) in [5, 5.41) is 13.9. The van der Waals surface area contributed by atoms with Gasteiger partial charge in [0.15, 0.2) is 9.84 Å². The van der Waals surface area contributed by atoms with E-state index in [1.165, 1.54) is 12.1 Å². The van der Waals surface area contributed by atoms with Crippen molar-refractivity contribution in [3.63, 3.8) is 0 Å². The normalized spacial score (nSPS) is 11.0. The first-order valence-corrected chi connectivity index (χ1v) is 10.3. The van der Waals surface area contributed by atoms with Crippen LogP contribution in [-0.2, 0) is 16.4 Å². The van der Waals surface area contributed by atoms with Crippen LogP contribution in [0.4, 0.5) is 11.4 Å². The largest absolute Gasteiger partial charge is 0.457 e. The molecule has 0 heterocycles. The highest BCUT2D eigenvalue weighted by Gasteiger charge is 2.18. The number of anilines is 1. The molecule has 144 valence electrons. The third kappa shape index (κ3) is 4.86. The molecular weight excluding hydrogens is 380 g/mol. The van der Waals surface area contributed by atoms with Gasteiger partial charge >= 0.3 is 0 Å². The first kappa shape index (κ1) is 19.4. The molecule has 0 saturated carbocycles. The van der Waals surface area contributed by atoms with E-state index in [0.29, 0.717) is 18.0 Å². The zero-order chi connectivity index (χ0) is 20.1. The van der Waals surface area contributed by atoms with Crippen molar-refractivity contribution in [3.8, 4) is 11.5 Å². The van der Waals surface area contributed by atoms with Crippen LogP contribution in [-0.4, -0.2) is 19.6 Å². The Hall–Kier alpha value is -3.39. The summed E-state index contributed by atoms with van der Waals surface area (Å²) < 4.78 is 29.7. The van der Waals surface area contributed by atoms with Gasteiger partial charge in [-0.15, -0.1) is 0 Å². The number of ether oxygens (including phenoxy) is 1. The first-order chi connectivity index (χ1) is 13.3. The fourth-order valence-corrected chi connectivity index (χ4v) is 3.45. The maximum Gasteiger partial charge on any atom is 0.270 e. The number of nitrogens with zero attached hydrogens (tertiary/aromatic N) is 1. The number of nitro groups is 1. The van der Waals surface area contributed by atoms with E-state index in [0.717, 1.165) is 23.6 Å². The Kier molecular flexibility index (Phi) is 5.60. The molecule has 3 rings (SSSR count). The van der Waals surface area contributed by atoms with Crippen molar-refractivity contribution in [3.05, 3.63) is 88.5 Å². The molecule has 0 aliphatic heterocycles. The van der Waals surface area contributed by atoms with Crippen molar-refractivity contribution in [2.45, 2.75) is 11.4 Å². The summed E-state index contributed by atoms with van der Waals surface area (Å²) in [4.78, 5) is 10.2. The number of rotatable bonds is 7. The predicted octanol–water partition coefficient (Wildman–Crippen LogP) is 4.40. The van der Waals surface area contributed by atoms with Crippen molar-refractivity contribution < 1.29 is 18.1 Å². The van der Waals surface area contributed by atoms with Gasteiger partial charge in [-0.3, -0.25) is 10.1 Å². The summed E-state index contributed by atoms with van der Waals surface area (Å²) in [5.41, 5.74) is 0.948. The average molecular weight is 398 g/mol. The lowest BCUT2D eigenvalue weighted by atomic mass is 10.2. The highest BCUT2D eigenvalue weighted by molar-refractivity contribution is 7.90. The summed E-state index contributed by atoms with van der Waals surface area (Å²) in [6.07, 6.45) is 1.02. The highest BCUT2D eigenvalue weighted by Crippen LogP contribution is 2.27. The first-order valence-electron chi connectivity index (χ1n) is 8.37. The van der Waals surface area contributed by atoms with Gasteiger partial charge in [0.1, 0.15) is 11.5 Å². The lowest BCUT2D eigenvalue weighted by Gasteiger charge is -2.11. The standard InChI is InChI=1S/C20H18N2O5S/c1-28(25,26)20-13-16(22(23)24)9-12-19(20)21-14-15-7-10-18(11-8-15)27-17-5-3-2-4-6-17/h2-13,21H,14H2,1H3. The molecule has 0 spiro atoms. The Morgan fingerprint density at radius 3 is 2.21 bits per heavy atom. The molecule has 0 fully saturated rings. The number of non-ortho nitro benzene ring substituents is 1. The second-order valence-electron chi connectivity index (χ2n) is 6.12. The third-order valence-corrected chi connectivity index (χ3v) is 5.10. The smallest absolute Gasteiger partial charge is 0.270 e. The molecule has 0 aromatic heterocycles. The van der Waals surface area contributed by atoms with Crippen LogP contribution in [0.3, 0.4) is 0 Å². The summed E-state index contributed by atoms with van der Waals surface area (Å²) in [5.74, 6) is 1.42. The van der Waals surface area contributed by atoms with Crippen LogP contribution in [0.15, 0.2) is 77.7 Å². The van der Waals surface area contributed by atoms with E-state index in [4.69, 9.17) is 4.74 Å². The van der Waals surface area contributed by atoms with Gasteiger partial charge in [0.05, 0.1) is 15.5 Å². The Balaban J connectivity index is 1.72. The molecule has 1 N–H and O–H groups in total. The monoisotopic (exact) mass is 398 g/mol. The minimum absolute atomic E-state index is 0.106. The van der Waals surface area contributed by atoms with E-state index >= 15 is 0 Å². The quantitative estimate of drug-likeness (QED) is 0.468. The number of nitro benzene ring substituents is 1. The minimum Gasteiger partial charge on any atom is -0.457 e. The van der Waals surface area contributed by atoms with Gasteiger partial charge < -0.3 is 10.1 Å². The van der Waals surface area contributed by atoms with Gasteiger partial charge in [-0.2, -0.15) is 0 Å². The maximum atomic E-state index is 12.0. The Bertz CT molecular complexity index is 1080. The van der Waals surface area contributed by atoms with E-state index in [1.54, 1.807) is 0 Å². The lowest BCUT2D eigenvalue weighted by Crippen LogP contribution is -2.07. The van der Waals surface area contributed by atoms with Crippen molar-refractivity contribution >= 4 is 21.2 Å². The second-order valence-corrected chi connectivity index (χ2v) is 8.11. The lowest BCUT2D eigenvalue weighted by molar-refractivity contribution is -0.385. The molecule has 0 amide bonds. The van der Waals surface area contributed by atoms with E-state index in [1.807, 2.05) is 54.6 Å². The van der Waals surface area contributed by atoms with Crippen LogP contribution in [0.1, 0.15) is 5.56 Å². The Morgan fingerprint density at radius 1 is 0.964 bits per heavy atom. The van der Waals surface area contributed by atoms with Crippen LogP contribution >= 0.6 is 0 Å².